The van der Waals surface area contributed by atoms with Gasteiger partial charge in [0, 0.05) is 31.7 Å². The maximum atomic E-state index is 4.77. The minimum absolute atomic E-state index is 0. The highest BCUT2D eigenvalue weighted by atomic mass is 127. The van der Waals surface area contributed by atoms with E-state index >= 15 is 0 Å². The molecule has 0 bridgehead atoms. The summed E-state index contributed by atoms with van der Waals surface area (Å²) in [5.74, 6) is 0.912. The van der Waals surface area contributed by atoms with Gasteiger partial charge in [0.15, 0.2) is 5.96 Å². The fourth-order valence-corrected chi connectivity index (χ4v) is 3.69. The zero-order chi connectivity index (χ0) is 19.1. The highest BCUT2D eigenvalue weighted by molar-refractivity contribution is 14.0. The molecule has 1 aromatic rings. The maximum absolute atomic E-state index is 4.77. The van der Waals surface area contributed by atoms with Gasteiger partial charge in [0.2, 0.25) is 0 Å². The molecular weight excluding hydrogens is 461 g/mol. The molecule has 28 heavy (non-hydrogen) atoms. The molecule has 3 rings (SSSR count). The van der Waals surface area contributed by atoms with Crippen molar-refractivity contribution < 1.29 is 0 Å². The molecule has 6 heteroatoms. The van der Waals surface area contributed by atoms with Crippen LogP contribution in [0.15, 0.2) is 29.3 Å². The van der Waals surface area contributed by atoms with Gasteiger partial charge in [-0.05, 0) is 70.8 Å². The first-order chi connectivity index (χ1) is 13.2. The zero-order valence-electron chi connectivity index (χ0n) is 17.8. The molecule has 5 nitrogen and oxygen atoms in total. The van der Waals surface area contributed by atoms with Crippen LogP contribution in [0.1, 0.15) is 50.7 Å². The monoisotopic (exact) mass is 499 g/mol. The Hall–Kier alpha value is -0.860. The Kier molecular flexibility index (Phi) is 10.0. The standard InChI is InChI=1S/C22H37N5.HI/c1-4-23-22(24-15-18(2)26(3)21-11-12-21)25-16-19-7-9-20(10-8-19)17-27-13-5-6-14-27;/h7-10,18,21H,4-6,11-17H2,1-3H3,(H2,23,24,25);1H. The van der Waals surface area contributed by atoms with Crippen LogP contribution in [0.4, 0.5) is 0 Å². The topological polar surface area (TPSA) is 42.9 Å². The Balaban J connectivity index is 0.00000280. The van der Waals surface area contributed by atoms with Crippen molar-refractivity contribution in [1.29, 1.82) is 0 Å². The third-order valence-electron chi connectivity index (χ3n) is 5.77. The number of rotatable bonds is 9. The van der Waals surface area contributed by atoms with E-state index in [1.165, 1.54) is 49.9 Å². The van der Waals surface area contributed by atoms with E-state index in [4.69, 9.17) is 4.99 Å². The number of benzene rings is 1. The minimum atomic E-state index is 0. The average Bonchev–Trinajstić information content (AvgIpc) is 3.41. The largest absolute Gasteiger partial charge is 0.357 e. The molecule has 1 saturated heterocycles. The van der Waals surface area contributed by atoms with Gasteiger partial charge in [-0.3, -0.25) is 9.80 Å². The van der Waals surface area contributed by atoms with Crippen molar-refractivity contribution in [3.8, 4) is 0 Å². The van der Waals surface area contributed by atoms with Crippen LogP contribution < -0.4 is 10.6 Å². The first-order valence-corrected chi connectivity index (χ1v) is 10.7. The number of guanidine groups is 1. The Morgan fingerprint density at radius 1 is 1.14 bits per heavy atom. The number of halogens is 1. The summed E-state index contributed by atoms with van der Waals surface area (Å²) in [6.45, 7) is 10.5. The molecule has 0 spiro atoms. The predicted octanol–water partition coefficient (Wildman–Crippen LogP) is 3.44. The van der Waals surface area contributed by atoms with Crippen LogP contribution in [-0.2, 0) is 13.1 Å². The van der Waals surface area contributed by atoms with E-state index in [0.29, 0.717) is 12.6 Å². The second-order valence-electron chi connectivity index (χ2n) is 8.12. The maximum Gasteiger partial charge on any atom is 0.191 e. The number of likely N-dealkylation sites (tertiary alicyclic amines) is 1. The zero-order valence-corrected chi connectivity index (χ0v) is 20.1. The van der Waals surface area contributed by atoms with Crippen LogP contribution in [-0.4, -0.2) is 61.1 Å². The van der Waals surface area contributed by atoms with Crippen molar-refractivity contribution in [3.63, 3.8) is 0 Å². The van der Waals surface area contributed by atoms with Gasteiger partial charge in [-0.15, -0.1) is 24.0 Å². The minimum Gasteiger partial charge on any atom is -0.357 e. The fraction of sp³-hybridized carbons (Fsp3) is 0.682. The van der Waals surface area contributed by atoms with Gasteiger partial charge in [0.05, 0.1) is 6.54 Å². The molecule has 1 aliphatic heterocycles. The average molecular weight is 499 g/mol. The number of nitrogens with zero attached hydrogens (tertiary/aromatic N) is 3. The molecule has 1 aliphatic carbocycles. The number of nitrogens with one attached hydrogen (secondary N) is 2. The van der Waals surface area contributed by atoms with Crippen LogP contribution in [0.25, 0.3) is 0 Å². The summed E-state index contributed by atoms with van der Waals surface area (Å²) in [6, 6.07) is 10.3. The second-order valence-corrected chi connectivity index (χ2v) is 8.12. The van der Waals surface area contributed by atoms with E-state index in [-0.39, 0.29) is 24.0 Å². The normalized spacial score (nSPS) is 18.8. The van der Waals surface area contributed by atoms with Gasteiger partial charge in [-0.1, -0.05) is 24.3 Å². The molecule has 2 N–H and O–H groups in total. The van der Waals surface area contributed by atoms with Crippen molar-refractivity contribution in [3.05, 3.63) is 35.4 Å². The number of hydrogen-bond acceptors (Lipinski definition) is 3. The van der Waals surface area contributed by atoms with Crippen molar-refractivity contribution in [2.75, 3.05) is 33.2 Å². The number of aliphatic imine (C=N–C) groups is 1. The third kappa shape index (κ3) is 7.52. The van der Waals surface area contributed by atoms with E-state index < -0.39 is 0 Å². The van der Waals surface area contributed by atoms with E-state index in [2.05, 4.69) is 65.6 Å². The Morgan fingerprint density at radius 2 is 1.79 bits per heavy atom. The molecule has 1 heterocycles. The molecule has 0 amide bonds. The Bertz CT molecular complexity index is 593. The summed E-state index contributed by atoms with van der Waals surface area (Å²) >= 11 is 0. The van der Waals surface area contributed by atoms with Crippen molar-refractivity contribution in [2.24, 2.45) is 4.99 Å². The predicted molar refractivity (Wildman–Crippen MR) is 129 cm³/mol. The Morgan fingerprint density at radius 3 is 2.39 bits per heavy atom. The van der Waals surface area contributed by atoms with Gasteiger partial charge in [-0.25, -0.2) is 4.99 Å². The molecular formula is C22H38IN5. The number of likely N-dealkylation sites (N-methyl/N-ethyl adjacent to an activating group) is 1. The first-order valence-electron chi connectivity index (χ1n) is 10.7. The Labute approximate surface area is 188 Å². The van der Waals surface area contributed by atoms with Crippen LogP contribution in [0.3, 0.4) is 0 Å². The van der Waals surface area contributed by atoms with Gasteiger partial charge in [0.25, 0.3) is 0 Å². The highest BCUT2D eigenvalue weighted by Crippen LogP contribution is 2.26. The summed E-state index contributed by atoms with van der Waals surface area (Å²) in [5, 5.41) is 6.87. The molecule has 1 atom stereocenters. The molecule has 2 aliphatic rings. The first kappa shape index (κ1) is 23.4. The van der Waals surface area contributed by atoms with Gasteiger partial charge in [0.1, 0.15) is 0 Å². The summed E-state index contributed by atoms with van der Waals surface area (Å²) in [5.41, 5.74) is 2.67. The van der Waals surface area contributed by atoms with Gasteiger partial charge in [-0.2, -0.15) is 0 Å². The van der Waals surface area contributed by atoms with Crippen LogP contribution in [0.2, 0.25) is 0 Å². The lowest BCUT2D eigenvalue weighted by Crippen LogP contribution is -2.45. The van der Waals surface area contributed by atoms with E-state index in [0.717, 1.165) is 31.6 Å². The lowest BCUT2D eigenvalue weighted by Gasteiger charge is -2.25. The van der Waals surface area contributed by atoms with Crippen molar-refractivity contribution >= 4 is 29.9 Å². The molecule has 2 fully saturated rings. The fourth-order valence-electron chi connectivity index (χ4n) is 3.69. The van der Waals surface area contributed by atoms with Crippen LogP contribution >= 0.6 is 24.0 Å². The molecule has 0 aromatic heterocycles. The summed E-state index contributed by atoms with van der Waals surface area (Å²) < 4.78 is 0. The summed E-state index contributed by atoms with van der Waals surface area (Å²) in [7, 11) is 2.23. The van der Waals surface area contributed by atoms with Crippen LogP contribution in [0, 0.1) is 0 Å². The third-order valence-corrected chi connectivity index (χ3v) is 5.77. The van der Waals surface area contributed by atoms with E-state index in [9.17, 15) is 0 Å². The molecule has 0 radical (unpaired) electrons. The molecule has 158 valence electrons. The quantitative estimate of drug-likeness (QED) is 0.311. The van der Waals surface area contributed by atoms with Crippen molar-refractivity contribution in [1.82, 2.24) is 20.4 Å². The highest BCUT2D eigenvalue weighted by Gasteiger charge is 2.28. The summed E-state index contributed by atoms with van der Waals surface area (Å²) in [4.78, 5) is 9.80. The molecule has 1 saturated carbocycles. The second kappa shape index (κ2) is 12.0. The number of hydrogen-bond donors (Lipinski definition) is 2. The van der Waals surface area contributed by atoms with E-state index in [1.54, 1.807) is 0 Å². The van der Waals surface area contributed by atoms with Gasteiger partial charge >= 0.3 is 0 Å². The molecule has 1 unspecified atom stereocenters. The lowest BCUT2D eigenvalue weighted by atomic mass is 10.1. The lowest BCUT2D eigenvalue weighted by molar-refractivity contribution is 0.247. The van der Waals surface area contributed by atoms with Crippen LogP contribution in [0.5, 0.6) is 0 Å². The smallest absolute Gasteiger partial charge is 0.191 e. The summed E-state index contributed by atoms with van der Waals surface area (Å²) in [6.07, 6.45) is 5.40. The van der Waals surface area contributed by atoms with Gasteiger partial charge < -0.3 is 10.6 Å². The van der Waals surface area contributed by atoms with Crippen molar-refractivity contribution in [2.45, 2.75) is 64.7 Å². The van der Waals surface area contributed by atoms with E-state index in [1.807, 2.05) is 0 Å². The molecule has 1 aromatic carbocycles. The SMILES string of the molecule is CCNC(=NCc1ccc(CN2CCCC2)cc1)NCC(C)N(C)C1CC1.I.